The van der Waals surface area contributed by atoms with E-state index >= 15 is 0 Å². The summed E-state index contributed by atoms with van der Waals surface area (Å²) < 4.78 is 0. The molecule has 0 aliphatic rings. The van der Waals surface area contributed by atoms with E-state index in [2.05, 4.69) is 6.92 Å². The van der Waals surface area contributed by atoms with Crippen molar-refractivity contribution in [3.63, 3.8) is 0 Å². The molecule has 19 heavy (non-hydrogen) atoms. The Labute approximate surface area is 116 Å². The first-order valence-electron chi connectivity index (χ1n) is 7.63. The maximum atomic E-state index is 10.7. The third-order valence-corrected chi connectivity index (χ3v) is 3.60. The van der Waals surface area contributed by atoms with E-state index in [1.165, 1.54) is 44.9 Å². The maximum Gasteiger partial charge on any atom is 0.338 e. The molecule has 1 atom stereocenters. The van der Waals surface area contributed by atoms with Gasteiger partial charge in [0.15, 0.2) is 5.60 Å². The molecule has 0 saturated heterocycles. The van der Waals surface area contributed by atoms with Gasteiger partial charge >= 0.3 is 5.97 Å². The summed E-state index contributed by atoms with van der Waals surface area (Å²) in [6, 6.07) is 0. The van der Waals surface area contributed by atoms with Crippen LogP contribution in [0.3, 0.4) is 0 Å². The molecule has 0 aliphatic carbocycles. The second-order valence-electron chi connectivity index (χ2n) is 5.43. The van der Waals surface area contributed by atoms with Crippen LogP contribution in [0.15, 0.2) is 0 Å². The van der Waals surface area contributed by atoms with Crippen LogP contribution in [0, 0.1) is 0 Å². The van der Waals surface area contributed by atoms with E-state index in [0.717, 1.165) is 12.8 Å². The molecule has 0 amide bonds. The lowest BCUT2D eigenvalue weighted by Crippen LogP contribution is -2.42. The first-order valence-corrected chi connectivity index (χ1v) is 7.63. The molecule has 0 aromatic rings. The Morgan fingerprint density at radius 1 is 0.895 bits per heavy atom. The Hall–Kier alpha value is -0.610. The molecule has 4 heteroatoms. The van der Waals surface area contributed by atoms with Crippen LogP contribution >= 0.6 is 0 Å². The predicted octanol–water partition coefficient (Wildman–Crippen LogP) is 3.11. The zero-order chi connectivity index (χ0) is 14.6. The van der Waals surface area contributed by atoms with Crippen molar-refractivity contribution >= 4 is 5.97 Å². The Morgan fingerprint density at radius 2 is 1.32 bits per heavy atom. The van der Waals surface area contributed by atoms with Gasteiger partial charge in [0.05, 0.1) is 6.61 Å². The topological polar surface area (TPSA) is 77.8 Å². The zero-order valence-corrected chi connectivity index (χ0v) is 12.2. The molecular weight excluding hydrogens is 244 g/mol. The molecule has 0 saturated carbocycles. The average Bonchev–Trinajstić information content (AvgIpc) is 2.40. The summed E-state index contributed by atoms with van der Waals surface area (Å²) in [6.07, 6.45) is 11.7. The number of hydrogen-bond acceptors (Lipinski definition) is 3. The highest BCUT2D eigenvalue weighted by molar-refractivity contribution is 5.77. The van der Waals surface area contributed by atoms with Gasteiger partial charge in [-0.1, -0.05) is 64.7 Å². The average molecular weight is 274 g/mol. The molecule has 114 valence electrons. The van der Waals surface area contributed by atoms with E-state index in [-0.39, 0.29) is 6.42 Å². The number of carbonyl (C=O) groups is 1. The minimum absolute atomic E-state index is 0.134. The van der Waals surface area contributed by atoms with Crippen LogP contribution in [0.4, 0.5) is 0 Å². The molecule has 0 bridgehead atoms. The highest BCUT2D eigenvalue weighted by Crippen LogP contribution is 2.17. The van der Waals surface area contributed by atoms with Gasteiger partial charge in [-0.2, -0.15) is 0 Å². The summed E-state index contributed by atoms with van der Waals surface area (Å²) in [5.41, 5.74) is -1.94. The molecule has 0 radical (unpaired) electrons. The van der Waals surface area contributed by atoms with Crippen LogP contribution in [-0.2, 0) is 4.79 Å². The smallest absolute Gasteiger partial charge is 0.338 e. The van der Waals surface area contributed by atoms with Crippen LogP contribution in [0.1, 0.15) is 77.6 Å². The van der Waals surface area contributed by atoms with Gasteiger partial charge in [-0.3, -0.25) is 0 Å². The van der Waals surface area contributed by atoms with Gasteiger partial charge in [-0.15, -0.1) is 0 Å². The van der Waals surface area contributed by atoms with Crippen molar-refractivity contribution in [2.24, 2.45) is 0 Å². The fourth-order valence-corrected chi connectivity index (χ4v) is 2.16. The highest BCUT2D eigenvalue weighted by atomic mass is 16.4. The Morgan fingerprint density at radius 3 is 1.68 bits per heavy atom. The van der Waals surface area contributed by atoms with Crippen molar-refractivity contribution in [1.82, 2.24) is 0 Å². The normalized spacial score (nSPS) is 14.3. The molecule has 0 heterocycles. The van der Waals surface area contributed by atoms with Crippen LogP contribution < -0.4 is 0 Å². The molecule has 0 rings (SSSR count). The van der Waals surface area contributed by atoms with Gasteiger partial charge in [-0.05, 0) is 12.8 Å². The monoisotopic (exact) mass is 274 g/mol. The van der Waals surface area contributed by atoms with Crippen molar-refractivity contribution in [3.8, 4) is 0 Å². The lowest BCUT2D eigenvalue weighted by Gasteiger charge is -2.20. The van der Waals surface area contributed by atoms with Crippen molar-refractivity contribution in [3.05, 3.63) is 0 Å². The van der Waals surface area contributed by atoms with Crippen molar-refractivity contribution in [2.45, 2.75) is 83.2 Å². The third-order valence-electron chi connectivity index (χ3n) is 3.60. The molecule has 1 unspecified atom stereocenters. The molecule has 0 fully saturated rings. The number of hydrogen-bond donors (Lipinski definition) is 3. The van der Waals surface area contributed by atoms with Crippen molar-refractivity contribution in [1.29, 1.82) is 0 Å². The summed E-state index contributed by atoms with van der Waals surface area (Å²) in [7, 11) is 0. The molecule has 0 aromatic heterocycles. The fraction of sp³-hybridized carbons (Fsp3) is 0.933. The van der Waals surface area contributed by atoms with Crippen molar-refractivity contribution < 1.29 is 20.1 Å². The number of aliphatic hydroxyl groups excluding tert-OH is 1. The fourth-order valence-electron chi connectivity index (χ4n) is 2.16. The summed E-state index contributed by atoms with van der Waals surface area (Å²) in [6.45, 7) is 1.50. The van der Waals surface area contributed by atoms with Gasteiger partial charge in [0.1, 0.15) is 0 Å². The molecular formula is C15H30O4. The minimum atomic E-state index is -1.94. The van der Waals surface area contributed by atoms with Gasteiger partial charge in [0.25, 0.3) is 0 Å². The highest BCUT2D eigenvalue weighted by Gasteiger charge is 2.34. The summed E-state index contributed by atoms with van der Waals surface area (Å²) in [4.78, 5) is 10.7. The first kappa shape index (κ1) is 18.4. The van der Waals surface area contributed by atoms with E-state index in [1.807, 2.05) is 0 Å². The number of carboxylic acid groups (broad SMARTS) is 1. The first-order chi connectivity index (χ1) is 9.06. The van der Waals surface area contributed by atoms with Gasteiger partial charge in [-0.25, -0.2) is 4.79 Å². The largest absolute Gasteiger partial charge is 0.479 e. The molecule has 0 spiro atoms. The second kappa shape index (κ2) is 11.2. The Kier molecular flexibility index (Phi) is 10.9. The zero-order valence-electron chi connectivity index (χ0n) is 12.2. The standard InChI is InChI=1S/C15H30O4/c1-2-3-4-5-6-7-8-9-10-11-12-15(19,13-16)14(17)18/h16,19H,2-13H2,1H3,(H,17,18). The van der Waals surface area contributed by atoms with E-state index in [0.29, 0.717) is 6.42 Å². The Bertz CT molecular complexity index is 230. The SMILES string of the molecule is CCCCCCCCCCCCC(O)(CO)C(=O)O. The number of rotatable bonds is 13. The van der Waals surface area contributed by atoms with E-state index in [1.54, 1.807) is 0 Å². The second-order valence-corrected chi connectivity index (χ2v) is 5.43. The van der Waals surface area contributed by atoms with Gasteiger partial charge < -0.3 is 15.3 Å². The maximum absolute atomic E-state index is 10.7. The lowest BCUT2D eigenvalue weighted by atomic mass is 9.96. The number of aliphatic carboxylic acids is 1. The van der Waals surface area contributed by atoms with E-state index < -0.39 is 18.2 Å². The van der Waals surface area contributed by atoms with E-state index in [4.69, 9.17) is 10.2 Å². The van der Waals surface area contributed by atoms with Crippen LogP contribution in [0.25, 0.3) is 0 Å². The van der Waals surface area contributed by atoms with Gasteiger partial charge in [0.2, 0.25) is 0 Å². The molecule has 4 nitrogen and oxygen atoms in total. The molecule has 0 aliphatic heterocycles. The molecule has 0 aromatic carbocycles. The summed E-state index contributed by atoms with van der Waals surface area (Å²) >= 11 is 0. The number of carboxylic acids is 1. The number of aliphatic hydroxyl groups is 2. The van der Waals surface area contributed by atoms with Crippen molar-refractivity contribution in [2.75, 3.05) is 6.61 Å². The third kappa shape index (κ3) is 9.00. The minimum Gasteiger partial charge on any atom is -0.479 e. The number of unbranched alkanes of at least 4 members (excludes halogenated alkanes) is 9. The summed E-state index contributed by atoms with van der Waals surface area (Å²) in [5.74, 6) is -1.33. The Balaban J connectivity index is 3.38. The lowest BCUT2D eigenvalue weighted by molar-refractivity contribution is -0.163. The molecule has 3 N–H and O–H groups in total. The van der Waals surface area contributed by atoms with Crippen LogP contribution in [0.5, 0.6) is 0 Å². The van der Waals surface area contributed by atoms with E-state index in [9.17, 15) is 9.90 Å². The van der Waals surface area contributed by atoms with Crippen LogP contribution in [0.2, 0.25) is 0 Å². The quantitative estimate of drug-likeness (QED) is 0.451. The predicted molar refractivity (Wildman–Crippen MR) is 76.1 cm³/mol. The van der Waals surface area contributed by atoms with Gasteiger partial charge in [0, 0.05) is 0 Å². The van der Waals surface area contributed by atoms with Crippen LogP contribution in [-0.4, -0.2) is 33.5 Å². The summed E-state index contributed by atoms with van der Waals surface area (Å²) in [5, 5.41) is 27.2.